The van der Waals surface area contributed by atoms with Gasteiger partial charge in [0.1, 0.15) is 0 Å². The van der Waals surface area contributed by atoms with Crippen molar-refractivity contribution in [3.8, 4) is 0 Å². The Labute approximate surface area is 120 Å². The minimum Gasteiger partial charge on any atom is -0.338 e. The van der Waals surface area contributed by atoms with E-state index in [1.807, 2.05) is 30.1 Å². The summed E-state index contributed by atoms with van der Waals surface area (Å²) >= 11 is 0. The molecule has 108 valence electrons. The smallest absolute Gasteiger partial charge is 0.223 e. The first kappa shape index (κ1) is 14.7. The molecule has 0 saturated carbocycles. The standard InChI is InChI=1S/C16H22N2O2/c1-17-12-14-8-5-11-18(14)16(20)10-9-15(19)13-6-3-2-4-7-13/h2-4,6-7,14,17H,5,8-12H2,1H3. The number of carbonyl (C=O) groups excluding carboxylic acids is 2. The lowest BCUT2D eigenvalue weighted by Gasteiger charge is -2.24. The van der Waals surface area contributed by atoms with Crippen molar-refractivity contribution in [2.75, 3.05) is 20.1 Å². The Bertz CT molecular complexity index is 459. The van der Waals surface area contributed by atoms with Crippen LogP contribution in [0.3, 0.4) is 0 Å². The average Bonchev–Trinajstić information content (AvgIpc) is 2.94. The molecule has 1 atom stereocenters. The number of nitrogens with zero attached hydrogens (tertiary/aromatic N) is 1. The Morgan fingerprint density at radius 1 is 1.25 bits per heavy atom. The third-order valence-corrected chi connectivity index (χ3v) is 3.80. The second kappa shape index (κ2) is 7.20. The highest BCUT2D eigenvalue weighted by Gasteiger charge is 2.27. The number of ketones is 1. The van der Waals surface area contributed by atoms with Gasteiger partial charge in [0.05, 0.1) is 0 Å². The van der Waals surface area contributed by atoms with Gasteiger partial charge >= 0.3 is 0 Å². The van der Waals surface area contributed by atoms with E-state index in [1.54, 1.807) is 12.1 Å². The summed E-state index contributed by atoms with van der Waals surface area (Å²) in [5.74, 6) is 0.148. The van der Waals surface area contributed by atoms with Crippen LogP contribution in [0.15, 0.2) is 30.3 Å². The average molecular weight is 274 g/mol. The van der Waals surface area contributed by atoms with Crippen LogP contribution >= 0.6 is 0 Å². The van der Waals surface area contributed by atoms with Crippen LogP contribution in [-0.2, 0) is 4.79 Å². The Kier molecular flexibility index (Phi) is 5.30. The summed E-state index contributed by atoms with van der Waals surface area (Å²) in [6, 6.07) is 9.46. The number of rotatable bonds is 6. The second-order valence-electron chi connectivity index (χ2n) is 5.23. The summed E-state index contributed by atoms with van der Waals surface area (Å²) in [5.41, 5.74) is 0.688. The molecule has 4 heteroatoms. The summed E-state index contributed by atoms with van der Waals surface area (Å²) < 4.78 is 0. The molecule has 1 N–H and O–H groups in total. The number of likely N-dealkylation sites (tertiary alicyclic amines) is 1. The first-order valence-corrected chi connectivity index (χ1v) is 7.24. The molecule has 1 amide bonds. The van der Waals surface area contributed by atoms with Crippen LogP contribution in [0.2, 0.25) is 0 Å². The lowest BCUT2D eigenvalue weighted by molar-refractivity contribution is -0.131. The van der Waals surface area contributed by atoms with E-state index in [0.717, 1.165) is 25.9 Å². The van der Waals surface area contributed by atoms with Gasteiger partial charge in [0, 0.05) is 37.5 Å². The highest BCUT2D eigenvalue weighted by Crippen LogP contribution is 2.18. The molecule has 1 aliphatic rings. The summed E-state index contributed by atoms with van der Waals surface area (Å²) in [4.78, 5) is 26.1. The molecule has 1 aliphatic heterocycles. The zero-order valence-corrected chi connectivity index (χ0v) is 12.0. The third kappa shape index (κ3) is 3.67. The van der Waals surface area contributed by atoms with Crippen LogP contribution < -0.4 is 5.32 Å². The molecule has 1 aromatic carbocycles. The fourth-order valence-corrected chi connectivity index (χ4v) is 2.74. The fraction of sp³-hybridized carbons (Fsp3) is 0.500. The van der Waals surface area contributed by atoms with Crippen LogP contribution in [-0.4, -0.2) is 42.8 Å². The quantitative estimate of drug-likeness (QED) is 0.806. The molecule has 2 rings (SSSR count). The topological polar surface area (TPSA) is 49.4 Å². The van der Waals surface area contributed by atoms with Gasteiger partial charge in [-0.3, -0.25) is 9.59 Å². The lowest BCUT2D eigenvalue weighted by atomic mass is 10.1. The highest BCUT2D eigenvalue weighted by molar-refractivity contribution is 5.97. The number of benzene rings is 1. The van der Waals surface area contributed by atoms with Crippen LogP contribution in [0.5, 0.6) is 0 Å². The molecule has 0 spiro atoms. The predicted octanol–water partition coefficient (Wildman–Crippen LogP) is 1.86. The fourth-order valence-electron chi connectivity index (χ4n) is 2.74. The minimum atomic E-state index is 0.0447. The van der Waals surface area contributed by atoms with E-state index in [-0.39, 0.29) is 11.7 Å². The van der Waals surface area contributed by atoms with Crippen molar-refractivity contribution in [1.29, 1.82) is 0 Å². The number of likely N-dealkylation sites (N-methyl/N-ethyl adjacent to an activating group) is 1. The van der Waals surface area contributed by atoms with Gasteiger partial charge in [-0.1, -0.05) is 30.3 Å². The first-order valence-electron chi connectivity index (χ1n) is 7.24. The van der Waals surface area contributed by atoms with Crippen LogP contribution in [0.25, 0.3) is 0 Å². The monoisotopic (exact) mass is 274 g/mol. The van der Waals surface area contributed by atoms with Crippen molar-refractivity contribution in [2.45, 2.75) is 31.7 Å². The molecule has 0 aliphatic carbocycles. The van der Waals surface area contributed by atoms with Gasteiger partial charge in [-0.25, -0.2) is 0 Å². The highest BCUT2D eigenvalue weighted by atomic mass is 16.2. The number of nitrogens with one attached hydrogen (secondary N) is 1. The van der Waals surface area contributed by atoms with Gasteiger partial charge in [0.15, 0.2) is 5.78 Å². The Hall–Kier alpha value is -1.68. The molecule has 1 fully saturated rings. The van der Waals surface area contributed by atoms with Crippen LogP contribution in [0, 0.1) is 0 Å². The minimum absolute atomic E-state index is 0.0447. The normalized spacial score (nSPS) is 18.2. The first-order chi connectivity index (χ1) is 9.72. The summed E-state index contributed by atoms with van der Waals surface area (Å²) in [7, 11) is 1.90. The van der Waals surface area contributed by atoms with E-state index >= 15 is 0 Å². The molecular formula is C16H22N2O2. The Balaban J connectivity index is 1.84. The van der Waals surface area contributed by atoms with E-state index in [2.05, 4.69) is 5.32 Å². The molecule has 1 aromatic rings. The van der Waals surface area contributed by atoms with Crippen molar-refractivity contribution in [3.05, 3.63) is 35.9 Å². The maximum absolute atomic E-state index is 12.2. The second-order valence-corrected chi connectivity index (χ2v) is 5.23. The van der Waals surface area contributed by atoms with Crippen LogP contribution in [0.1, 0.15) is 36.0 Å². The Morgan fingerprint density at radius 2 is 2.00 bits per heavy atom. The third-order valence-electron chi connectivity index (χ3n) is 3.80. The zero-order chi connectivity index (χ0) is 14.4. The van der Waals surface area contributed by atoms with E-state index in [4.69, 9.17) is 0 Å². The van der Waals surface area contributed by atoms with Crippen molar-refractivity contribution in [3.63, 3.8) is 0 Å². The number of hydrogen-bond acceptors (Lipinski definition) is 3. The van der Waals surface area contributed by atoms with Crippen molar-refractivity contribution in [2.24, 2.45) is 0 Å². The summed E-state index contributed by atoms with van der Waals surface area (Å²) in [6.45, 7) is 1.66. The van der Waals surface area contributed by atoms with Gasteiger partial charge in [0.25, 0.3) is 0 Å². The molecule has 0 bridgehead atoms. The van der Waals surface area contributed by atoms with Crippen molar-refractivity contribution < 1.29 is 9.59 Å². The van der Waals surface area contributed by atoms with E-state index in [0.29, 0.717) is 24.4 Å². The van der Waals surface area contributed by atoms with Gasteiger partial charge in [-0.15, -0.1) is 0 Å². The van der Waals surface area contributed by atoms with Crippen LogP contribution in [0.4, 0.5) is 0 Å². The molecule has 0 aromatic heterocycles. The van der Waals surface area contributed by atoms with E-state index in [9.17, 15) is 9.59 Å². The van der Waals surface area contributed by atoms with Gasteiger partial charge < -0.3 is 10.2 Å². The number of Topliss-reactive ketones (excluding diaryl/α,β-unsaturated/α-hetero) is 1. The molecule has 0 radical (unpaired) electrons. The maximum Gasteiger partial charge on any atom is 0.223 e. The maximum atomic E-state index is 12.2. The molecule has 1 unspecified atom stereocenters. The zero-order valence-electron chi connectivity index (χ0n) is 12.0. The lowest BCUT2D eigenvalue weighted by Crippen LogP contribution is -2.40. The molecule has 20 heavy (non-hydrogen) atoms. The summed E-state index contributed by atoms with van der Waals surface area (Å²) in [6.07, 6.45) is 2.73. The molecule has 1 saturated heterocycles. The van der Waals surface area contributed by atoms with E-state index < -0.39 is 0 Å². The Morgan fingerprint density at radius 3 is 2.70 bits per heavy atom. The molecule has 4 nitrogen and oxygen atoms in total. The SMILES string of the molecule is CNCC1CCCN1C(=O)CCC(=O)c1ccccc1. The number of hydrogen-bond donors (Lipinski definition) is 1. The molecular weight excluding hydrogens is 252 g/mol. The number of amides is 1. The van der Waals surface area contributed by atoms with Crippen molar-refractivity contribution >= 4 is 11.7 Å². The largest absolute Gasteiger partial charge is 0.338 e. The van der Waals surface area contributed by atoms with Gasteiger partial charge in [-0.05, 0) is 19.9 Å². The molecule has 1 heterocycles. The number of carbonyl (C=O) groups is 2. The van der Waals surface area contributed by atoms with Gasteiger partial charge in [-0.2, -0.15) is 0 Å². The summed E-state index contributed by atoms with van der Waals surface area (Å²) in [5, 5.41) is 3.12. The predicted molar refractivity (Wildman–Crippen MR) is 78.7 cm³/mol. The van der Waals surface area contributed by atoms with E-state index in [1.165, 1.54) is 0 Å². The van der Waals surface area contributed by atoms with Crippen molar-refractivity contribution in [1.82, 2.24) is 10.2 Å². The van der Waals surface area contributed by atoms with Gasteiger partial charge in [0.2, 0.25) is 5.91 Å².